The van der Waals surface area contributed by atoms with E-state index in [1.54, 1.807) is 4.90 Å². The van der Waals surface area contributed by atoms with Gasteiger partial charge in [0.25, 0.3) is 0 Å². The van der Waals surface area contributed by atoms with Crippen molar-refractivity contribution in [3.63, 3.8) is 0 Å². The number of hydrogen-bond acceptors (Lipinski definition) is 3. The molecule has 1 unspecified atom stereocenters. The number of alkyl halides is 3. The standard InChI is InChI=1S/C29H34F3N3O2/c1-21(2)28(20-33,23-12-4-3-5-13-23)17-9-8-16-26(36)35-18-10-15-25(35)27(37)34-19-22-11-6-7-14-24(22)29(30,31)32/h3-7,11-14,21,25H,8-10,15-19H2,1-2H3,(H,34,37)/t25-,28?/m1/s1. The number of benzene rings is 2. The number of nitriles is 1. The Balaban J connectivity index is 1.55. The van der Waals surface area contributed by atoms with Crippen molar-refractivity contribution in [1.29, 1.82) is 5.26 Å². The molecule has 198 valence electrons. The predicted octanol–water partition coefficient (Wildman–Crippen LogP) is 5.99. The molecule has 37 heavy (non-hydrogen) atoms. The zero-order valence-corrected chi connectivity index (χ0v) is 21.4. The monoisotopic (exact) mass is 513 g/mol. The van der Waals surface area contributed by atoms with Crippen LogP contribution in [0.1, 0.15) is 69.1 Å². The molecule has 0 bridgehead atoms. The van der Waals surface area contributed by atoms with Gasteiger partial charge in [0.15, 0.2) is 0 Å². The van der Waals surface area contributed by atoms with E-state index in [-0.39, 0.29) is 30.4 Å². The van der Waals surface area contributed by atoms with Crippen LogP contribution in [0, 0.1) is 17.2 Å². The third kappa shape index (κ3) is 6.71. The van der Waals surface area contributed by atoms with Gasteiger partial charge in [0.2, 0.25) is 11.8 Å². The van der Waals surface area contributed by atoms with E-state index < -0.39 is 29.1 Å². The number of hydrogen-bond donors (Lipinski definition) is 1. The summed E-state index contributed by atoms with van der Waals surface area (Å²) in [6, 6.07) is 16.7. The minimum atomic E-state index is -4.50. The highest BCUT2D eigenvalue weighted by Crippen LogP contribution is 2.37. The summed E-state index contributed by atoms with van der Waals surface area (Å²) in [6.07, 6.45) is -1.19. The lowest BCUT2D eigenvalue weighted by Gasteiger charge is -2.31. The number of amides is 2. The highest BCUT2D eigenvalue weighted by molar-refractivity contribution is 5.88. The molecule has 2 aromatic carbocycles. The number of rotatable bonds is 10. The van der Waals surface area contributed by atoms with E-state index in [1.165, 1.54) is 18.2 Å². The number of unbranched alkanes of at least 4 members (excludes halogenated alkanes) is 1. The Morgan fingerprint density at radius 1 is 1.08 bits per heavy atom. The molecule has 3 rings (SSSR count). The molecule has 0 aliphatic carbocycles. The first-order chi connectivity index (χ1) is 17.6. The van der Waals surface area contributed by atoms with Gasteiger partial charge < -0.3 is 10.2 Å². The number of nitrogens with zero attached hydrogens (tertiary/aromatic N) is 2. The van der Waals surface area contributed by atoms with Gasteiger partial charge in [0, 0.05) is 19.5 Å². The minimum absolute atomic E-state index is 0.0104. The van der Waals surface area contributed by atoms with E-state index >= 15 is 0 Å². The second kappa shape index (κ2) is 12.3. The number of halogens is 3. The average Bonchev–Trinajstić information content (AvgIpc) is 3.38. The van der Waals surface area contributed by atoms with Crippen LogP contribution in [0.4, 0.5) is 13.2 Å². The molecule has 8 heteroatoms. The maximum atomic E-state index is 13.2. The van der Waals surface area contributed by atoms with Gasteiger partial charge in [-0.2, -0.15) is 18.4 Å². The Bertz CT molecular complexity index is 1110. The Kier molecular flexibility index (Phi) is 9.36. The molecule has 1 N–H and O–H groups in total. The number of carbonyl (C=O) groups excluding carboxylic acids is 2. The molecule has 0 saturated carbocycles. The van der Waals surface area contributed by atoms with Gasteiger partial charge in [-0.05, 0) is 48.8 Å². The van der Waals surface area contributed by atoms with Gasteiger partial charge in [0.05, 0.1) is 17.0 Å². The molecule has 1 fully saturated rings. The van der Waals surface area contributed by atoms with E-state index in [9.17, 15) is 28.0 Å². The van der Waals surface area contributed by atoms with Crippen molar-refractivity contribution in [2.75, 3.05) is 6.54 Å². The van der Waals surface area contributed by atoms with Crippen LogP contribution in [-0.4, -0.2) is 29.3 Å². The predicted molar refractivity (Wildman–Crippen MR) is 135 cm³/mol. The molecule has 0 aromatic heterocycles. The summed E-state index contributed by atoms with van der Waals surface area (Å²) in [6.45, 7) is 4.26. The van der Waals surface area contributed by atoms with Crippen molar-refractivity contribution in [1.82, 2.24) is 10.2 Å². The molecule has 1 aliphatic heterocycles. The van der Waals surface area contributed by atoms with Crippen LogP contribution < -0.4 is 5.32 Å². The molecule has 0 spiro atoms. The zero-order valence-electron chi connectivity index (χ0n) is 21.4. The lowest BCUT2D eigenvalue weighted by molar-refractivity contribution is -0.139. The van der Waals surface area contributed by atoms with Crippen LogP contribution in [0.25, 0.3) is 0 Å². The third-order valence-electron chi connectivity index (χ3n) is 7.34. The number of likely N-dealkylation sites (tertiary alicyclic amines) is 1. The van der Waals surface area contributed by atoms with Gasteiger partial charge in [-0.15, -0.1) is 0 Å². The molecular weight excluding hydrogens is 479 g/mol. The first-order valence-corrected chi connectivity index (χ1v) is 12.8. The summed E-state index contributed by atoms with van der Waals surface area (Å²) in [5.41, 5.74) is -0.446. The van der Waals surface area contributed by atoms with Crippen molar-refractivity contribution in [2.45, 2.75) is 76.6 Å². The smallest absolute Gasteiger partial charge is 0.350 e. The number of carbonyl (C=O) groups is 2. The number of nitrogens with one attached hydrogen (secondary N) is 1. The first kappa shape index (κ1) is 28.2. The SMILES string of the molecule is CC(C)C(C#N)(CCCCC(=O)N1CCC[C@@H]1C(=O)NCc1ccccc1C(F)(F)F)c1ccccc1. The highest BCUT2D eigenvalue weighted by atomic mass is 19.4. The molecule has 0 radical (unpaired) electrons. The fourth-order valence-corrected chi connectivity index (χ4v) is 5.16. The zero-order chi connectivity index (χ0) is 27.1. The summed E-state index contributed by atoms with van der Waals surface area (Å²) in [5, 5.41) is 12.6. The van der Waals surface area contributed by atoms with Crippen molar-refractivity contribution in [3.05, 3.63) is 71.3 Å². The van der Waals surface area contributed by atoms with Gasteiger partial charge in [0.1, 0.15) is 6.04 Å². The second-order valence-electron chi connectivity index (χ2n) is 9.93. The normalized spacial score (nSPS) is 17.3. The minimum Gasteiger partial charge on any atom is -0.350 e. The summed E-state index contributed by atoms with van der Waals surface area (Å²) in [5.74, 6) is -0.472. The maximum absolute atomic E-state index is 13.2. The topological polar surface area (TPSA) is 73.2 Å². The van der Waals surface area contributed by atoms with Crippen LogP contribution in [0.2, 0.25) is 0 Å². The van der Waals surface area contributed by atoms with Gasteiger partial charge in [-0.3, -0.25) is 9.59 Å². The Morgan fingerprint density at radius 3 is 2.41 bits per heavy atom. The highest BCUT2D eigenvalue weighted by Gasteiger charge is 2.37. The van der Waals surface area contributed by atoms with Crippen LogP contribution >= 0.6 is 0 Å². The average molecular weight is 514 g/mol. The lowest BCUT2D eigenvalue weighted by atomic mass is 9.69. The fraction of sp³-hybridized carbons (Fsp3) is 0.483. The molecule has 2 atom stereocenters. The largest absolute Gasteiger partial charge is 0.416 e. The molecular formula is C29H34F3N3O2. The lowest BCUT2D eigenvalue weighted by Crippen LogP contribution is -2.45. The Labute approximate surface area is 216 Å². The third-order valence-corrected chi connectivity index (χ3v) is 7.34. The first-order valence-electron chi connectivity index (χ1n) is 12.8. The van der Waals surface area contributed by atoms with Crippen LogP contribution in [0.15, 0.2) is 54.6 Å². The Hall–Kier alpha value is -3.34. The molecule has 2 aromatic rings. The van der Waals surface area contributed by atoms with E-state index in [0.29, 0.717) is 38.6 Å². The van der Waals surface area contributed by atoms with Crippen molar-refractivity contribution < 1.29 is 22.8 Å². The quantitative estimate of drug-likeness (QED) is 0.397. The van der Waals surface area contributed by atoms with E-state index in [0.717, 1.165) is 11.6 Å². The van der Waals surface area contributed by atoms with E-state index in [1.807, 2.05) is 44.2 Å². The van der Waals surface area contributed by atoms with Crippen molar-refractivity contribution in [2.24, 2.45) is 5.92 Å². The van der Waals surface area contributed by atoms with Crippen molar-refractivity contribution >= 4 is 11.8 Å². The fourth-order valence-electron chi connectivity index (χ4n) is 5.16. The van der Waals surface area contributed by atoms with E-state index in [2.05, 4.69) is 11.4 Å². The molecule has 1 saturated heterocycles. The van der Waals surface area contributed by atoms with Gasteiger partial charge in [-0.25, -0.2) is 0 Å². The second-order valence-corrected chi connectivity index (χ2v) is 9.93. The summed E-state index contributed by atoms with van der Waals surface area (Å²) in [7, 11) is 0. The van der Waals surface area contributed by atoms with Crippen molar-refractivity contribution in [3.8, 4) is 6.07 Å². The molecule has 5 nitrogen and oxygen atoms in total. The van der Waals surface area contributed by atoms with Crippen LogP contribution in [-0.2, 0) is 27.7 Å². The summed E-state index contributed by atoms with van der Waals surface area (Å²) < 4.78 is 39.7. The van der Waals surface area contributed by atoms with Crippen LogP contribution in [0.5, 0.6) is 0 Å². The Morgan fingerprint density at radius 2 is 1.76 bits per heavy atom. The van der Waals surface area contributed by atoms with Crippen LogP contribution in [0.3, 0.4) is 0 Å². The van der Waals surface area contributed by atoms with Gasteiger partial charge >= 0.3 is 6.18 Å². The molecule has 2 amide bonds. The molecule has 1 aliphatic rings. The molecule has 1 heterocycles. The summed E-state index contributed by atoms with van der Waals surface area (Å²) >= 11 is 0. The maximum Gasteiger partial charge on any atom is 0.416 e. The van der Waals surface area contributed by atoms with E-state index in [4.69, 9.17) is 0 Å². The van der Waals surface area contributed by atoms with Gasteiger partial charge in [-0.1, -0.05) is 68.8 Å². The summed E-state index contributed by atoms with van der Waals surface area (Å²) in [4.78, 5) is 27.3.